The molecule has 3 amide bonds. The number of hydrogen-bond donors (Lipinski definition) is 3. The van der Waals surface area contributed by atoms with Gasteiger partial charge in [-0.05, 0) is 24.8 Å². The van der Waals surface area contributed by atoms with Crippen molar-refractivity contribution in [1.29, 1.82) is 0 Å². The minimum atomic E-state index is -0.301. The molecule has 1 aromatic heterocycles. The standard InChI is InChI=1S/C16H18N4O2S/c21-14-13-12(7-4-9-17-14)19-16(23-13)20-15(22)18-10-8-11-5-2-1-3-6-11/h1-3,5-6H,4,7-10H2,(H,17,21)(H2,18,19,20,22). The van der Waals surface area contributed by atoms with Gasteiger partial charge in [-0.1, -0.05) is 41.7 Å². The molecule has 2 heterocycles. The summed E-state index contributed by atoms with van der Waals surface area (Å²) in [6.07, 6.45) is 2.39. The van der Waals surface area contributed by atoms with E-state index in [1.54, 1.807) is 0 Å². The van der Waals surface area contributed by atoms with Gasteiger partial charge in [0.15, 0.2) is 5.13 Å². The van der Waals surface area contributed by atoms with E-state index in [0.717, 1.165) is 25.0 Å². The fourth-order valence-electron chi connectivity index (χ4n) is 2.40. The topological polar surface area (TPSA) is 83.1 Å². The third-order valence-corrected chi connectivity index (χ3v) is 4.55. The van der Waals surface area contributed by atoms with Gasteiger partial charge >= 0.3 is 6.03 Å². The summed E-state index contributed by atoms with van der Waals surface area (Å²) in [7, 11) is 0. The maximum Gasteiger partial charge on any atom is 0.321 e. The molecule has 23 heavy (non-hydrogen) atoms. The van der Waals surface area contributed by atoms with Crippen LogP contribution in [0.1, 0.15) is 27.3 Å². The zero-order valence-electron chi connectivity index (χ0n) is 12.6. The molecule has 3 N–H and O–H groups in total. The highest BCUT2D eigenvalue weighted by molar-refractivity contribution is 7.17. The molecule has 0 bridgehead atoms. The Morgan fingerprint density at radius 1 is 1.30 bits per heavy atom. The van der Waals surface area contributed by atoms with Crippen molar-refractivity contribution < 1.29 is 9.59 Å². The van der Waals surface area contributed by atoms with Crippen molar-refractivity contribution in [2.75, 3.05) is 18.4 Å². The first-order chi connectivity index (χ1) is 11.2. The Labute approximate surface area is 138 Å². The molecule has 6 nitrogen and oxygen atoms in total. The van der Waals surface area contributed by atoms with Crippen molar-refractivity contribution in [1.82, 2.24) is 15.6 Å². The molecular weight excluding hydrogens is 312 g/mol. The predicted molar refractivity (Wildman–Crippen MR) is 89.9 cm³/mol. The first kappa shape index (κ1) is 15.5. The number of aryl methyl sites for hydroxylation is 1. The molecule has 0 unspecified atom stereocenters. The molecule has 1 aliphatic heterocycles. The number of carbonyl (C=O) groups excluding carboxylic acids is 2. The highest BCUT2D eigenvalue weighted by atomic mass is 32.1. The second-order valence-corrected chi connectivity index (χ2v) is 6.27. The number of rotatable bonds is 4. The van der Waals surface area contributed by atoms with E-state index in [9.17, 15) is 9.59 Å². The van der Waals surface area contributed by atoms with E-state index in [2.05, 4.69) is 20.9 Å². The molecular formula is C16H18N4O2S. The molecule has 1 aliphatic rings. The van der Waals surface area contributed by atoms with Crippen molar-refractivity contribution in [3.05, 3.63) is 46.5 Å². The Kier molecular flexibility index (Phi) is 4.87. The Morgan fingerprint density at radius 3 is 2.96 bits per heavy atom. The molecule has 0 aliphatic carbocycles. The zero-order chi connectivity index (χ0) is 16.1. The van der Waals surface area contributed by atoms with E-state index in [1.807, 2.05) is 30.3 Å². The van der Waals surface area contributed by atoms with E-state index < -0.39 is 0 Å². The van der Waals surface area contributed by atoms with Crippen molar-refractivity contribution in [3.8, 4) is 0 Å². The lowest BCUT2D eigenvalue weighted by Crippen LogP contribution is -2.30. The number of nitrogens with one attached hydrogen (secondary N) is 3. The van der Waals surface area contributed by atoms with Gasteiger partial charge < -0.3 is 10.6 Å². The fraction of sp³-hybridized carbons (Fsp3) is 0.312. The number of anilines is 1. The van der Waals surface area contributed by atoms with Gasteiger partial charge in [0.25, 0.3) is 5.91 Å². The van der Waals surface area contributed by atoms with Crippen LogP contribution in [0, 0.1) is 0 Å². The summed E-state index contributed by atoms with van der Waals surface area (Å²) in [5.74, 6) is -0.104. The largest absolute Gasteiger partial charge is 0.351 e. The van der Waals surface area contributed by atoms with Crippen molar-refractivity contribution in [2.24, 2.45) is 0 Å². The van der Waals surface area contributed by atoms with Gasteiger partial charge in [-0.3, -0.25) is 10.1 Å². The van der Waals surface area contributed by atoms with Crippen LogP contribution >= 0.6 is 11.3 Å². The summed E-state index contributed by atoms with van der Waals surface area (Å²) in [5, 5.41) is 8.79. The number of thiazole rings is 1. The minimum absolute atomic E-state index is 0.104. The molecule has 0 fully saturated rings. The summed E-state index contributed by atoms with van der Waals surface area (Å²) >= 11 is 1.22. The monoisotopic (exact) mass is 330 g/mol. The van der Waals surface area contributed by atoms with Crippen LogP contribution in [0.2, 0.25) is 0 Å². The van der Waals surface area contributed by atoms with E-state index in [4.69, 9.17) is 0 Å². The molecule has 2 aromatic rings. The number of amides is 3. The summed E-state index contributed by atoms with van der Waals surface area (Å²) in [6, 6.07) is 9.66. The molecule has 120 valence electrons. The highest BCUT2D eigenvalue weighted by Crippen LogP contribution is 2.25. The van der Waals surface area contributed by atoms with E-state index in [-0.39, 0.29) is 11.9 Å². The summed E-state index contributed by atoms with van der Waals surface area (Å²) in [4.78, 5) is 28.7. The molecule has 3 rings (SSSR count). The van der Waals surface area contributed by atoms with Gasteiger partial charge in [0.1, 0.15) is 4.88 Å². The molecule has 7 heteroatoms. The molecule has 0 radical (unpaired) electrons. The summed E-state index contributed by atoms with van der Waals surface area (Å²) < 4.78 is 0. The van der Waals surface area contributed by atoms with Gasteiger partial charge in [-0.2, -0.15) is 0 Å². The van der Waals surface area contributed by atoms with Crippen LogP contribution in [-0.4, -0.2) is 30.0 Å². The number of urea groups is 1. The van der Waals surface area contributed by atoms with Crippen LogP contribution in [0.25, 0.3) is 0 Å². The quantitative estimate of drug-likeness (QED) is 0.803. The third kappa shape index (κ3) is 4.07. The molecule has 1 aromatic carbocycles. The number of benzene rings is 1. The van der Waals surface area contributed by atoms with Crippen LogP contribution in [-0.2, 0) is 12.8 Å². The number of aromatic nitrogens is 1. The molecule has 0 spiro atoms. The van der Waals surface area contributed by atoms with Gasteiger partial charge in [0.2, 0.25) is 0 Å². The van der Waals surface area contributed by atoms with Crippen LogP contribution in [0.5, 0.6) is 0 Å². The zero-order valence-corrected chi connectivity index (χ0v) is 13.4. The Morgan fingerprint density at radius 2 is 2.13 bits per heavy atom. The van der Waals surface area contributed by atoms with Crippen molar-refractivity contribution in [2.45, 2.75) is 19.3 Å². The minimum Gasteiger partial charge on any atom is -0.351 e. The summed E-state index contributed by atoms with van der Waals surface area (Å²) in [6.45, 7) is 1.21. The van der Waals surface area contributed by atoms with Crippen LogP contribution in [0.3, 0.4) is 0 Å². The lowest BCUT2D eigenvalue weighted by atomic mass is 10.1. The number of hydrogen-bond acceptors (Lipinski definition) is 4. The van der Waals surface area contributed by atoms with Crippen LogP contribution in [0.15, 0.2) is 30.3 Å². The average molecular weight is 330 g/mol. The lowest BCUT2D eigenvalue weighted by molar-refractivity contribution is 0.0960. The smallest absolute Gasteiger partial charge is 0.321 e. The number of nitrogens with zero attached hydrogens (tertiary/aromatic N) is 1. The van der Waals surface area contributed by atoms with Crippen LogP contribution in [0.4, 0.5) is 9.93 Å². The first-order valence-corrected chi connectivity index (χ1v) is 8.41. The van der Waals surface area contributed by atoms with E-state index >= 15 is 0 Å². The van der Waals surface area contributed by atoms with E-state index in [0.29, 0.717) is 23.1 Å². The maximum atomic E-state index is 11.9. The first-order valence-electron chi connectivity index (χ1n) is 7.59. The van der Waals surface area contributed by atoms with Crippen molar-refractivity contribution >= 4 is 28.4 Å². The SMILES string of the molecule is O=C(NCCc1ccccc1)Nc1nc2c(s1)C(=O)NCCC2. The third-order valence-electron chi connectivity index (χ3n) is 3.54. The van der Waals surface area contributed by atoms with Gasteiger partial charge in [-0.15, -0.1) is 0 Å². The molecule has 0 atom stereocenters. The van der Waals surface area contributed by atoms with E-state index in [1.165, 1.54) is 16.9 Å². The van der Waals surface area contributed by atoms with Crippen molar-refractivity contribution in [3.63, 3.8) is 0 Å². The predicted octanol–water partition coefficient (Wildman–Crippen LogP) is 2.18. The highest BCUT2D eigenvalue weighted by Gasteiger charge is 2.21. The Hall–Kier alpha value is -2.41. The Balaban J connectivity index is 1.52. The second kappa shape index (κ2) is 7.23. The van der Waals surface area contributed by atoms with Gasteiger partial charge in [0, 0.05) is 13.1 Å². The molecule has 0 saturated carbocycles. The number of fused-ring (bicyclic) bond motifs is 1. The maximum absolute atomic E-state index is 11.9. The molecule has 0 saturated heterocycles. The fourth-order valence-corrected chi connectivity index (χ4v) is 3.32. The second-order valence-electron chi connectivity index (χ2n) is 5.27. The Bertz CT molecular complexity index is 699. The van der Waals surface area contributed by atoms with Gasteiger partial charge in [-0.25, -0.2) is 9.78 Å². The summed E-state index contributed by atoms with van der Waals surface area (Å²) in [5.41, 5.74) is 1.94. The lowest BCUT2D eigenvalue weighted by Gasteiger charge is -2.05. The van der Waals surface area contributed by atoms with Crippen LogP contribution < -0.4 is 16.0 Å². The average Bonchev–Trinajstić information content (AvgIpc) is 2.87. The van der Waals surface area contributed by atoms with Gasteiger partial charge in [0.05, 0.1) is 5.69 Å². The normalized spacial score (nSPS) is 13.7. The number of carbonyl (C=O) groups is 2.